The summed E-state index contributed by atoms with van der Waals surface area (Å²) < 4.78 is 0. The van der Waals surface area contributed by atoms with Crippen molar-refractivity contribution in [1.82, 2.24) is 9.88 Å². The summed E-state index contributed by atoms with van der Waals surface area (Å²) in [6.45, 7) is 0. The fourth-order valence-electron chi connectivity index (χ4n) is 1.24. The summed E-state index contributed by atoms with van der Waals surface area (Å²) in [5.74, 6) is 0. The molecule has 17 heavy (non-hydrogen) atoms. The molecule has 0 radical (unpaired) electrons. The second-order valence-corrected chi connectivity index (χ2v) is 3.83. The van der Waals surface area contributed by atoms with E-state index in [-0.39, 0.29) is 22.0 Å². The number of aldehydes is 1. The van der Waals surface area contributed by atoms with Gasteiger partial charge in [0, 0.05) is 25.9 Å². The Balaban J connectivity index is 3.41. The molecule has 0 aliphatic carbocycles. The summed E-state index contributed by atoms with van der Waals surface area (Å²) in [6.07, 6.45) is 3.05. The van der Waals surface area contributed by atoms with Crippen LogP contribution in [-0.4, -0.2) is 35.2 Å². The van der Waals surface area contributed by atoms with Crippen molar-refractivity contribution in [3.8, 4) is 0 Å². The molecule has 6 nitrogen and oxygen atoms in total. The van der Waals surface area contributed by atoms with Crippen LogP contribution in [0, 0.1) is 10.1 Å². The van der Waals surface area contributed by atoms with Crippen LogP contribution in [0.1, 0.15) is 5.56 Å². The highest BCUT2D eigenvalue weighted by molar-refractivity contribution is 6.29. The van der Waals surface area contributed by atoms with Gasteiger partial charge in [-0.25, -0.2) is 4.98 Å². The lowest BCUT2D eigenvalue weighted by molar-refractivity contribution is -0.385. The van der Waals surface area contributed by atoms with Crippen molar-refractivity contribution in [2.75, 3.05) is 14.1 Å². The van der Waals surface area contributed by atoms with Crippen LogP contribution in [-0.2, 0) is 4.79 Å². The molecular weight excluding hydrogens is 246 g/mol. The van der Waals surface area contributed by atoms with Crippen molar-refractivity contribution in [2.24, 2.45) is 0 Å². The molecule has 1 aromatic rings. The Hall–Kier alpha value is -1.95. The van der Waals surface area contributed by atoms with Gasteiger partial charge in [-0.05, 0) is 6.07 Å². The van der Waals surface area contributed by atoms with Crippen molar-refractivity contribution in [3.05, 3.63) is 39.3 Å². The Kier molecular flexibility index (Phi) is 4.17. The molecule has 90 valence electrons. The second-order valence-electron chi connectivity index (χ2n) is 3.45. The van der Waals surface area contributed by atoms with E-state index >= 15 is 0 Å². The number of hydrogen-bond acceptors (Lipinski definition) is 5. The Morgan fingerprint density at radius 2 is 2.24 bits per heavy atom. The van der Waals surface area contributed by atoms with Gasteiger partial charge < -0.3 is 4.90 Å². The monoisotopic (exact) mass is 255 g/mol. The highest BCUT2D eigenvalue weighted by Gasteiger charge is 2.18. The number of nitrogens with zero attached hydrogens (tertiary/aromatic N) is 3. The number of halogens is 1. The van der Waals surface area contributed by atoms with E-state index in [4.69, 9.17) is 11.6 Å². The molecule has 1 heterocycles. The van der Waals surface area contributed by atoms with Gasteiger partial charge >= 0.3 is 0 Å². The quantitative estimate of drug-likeness (QED) is 0.269. The molecule has 0 saturated carbocycles. The lowest BCUT2D eigenvalue weighted by Crippen LogP contribution is -2.05. The summed E-state index contributed by atoms with van der Waals surface area (Å²) in [5, 5.41) is 10.9. The topological polar surface area (TPSA) is 76.3 Å². The van der Waals surface area contributed by atoms with Gasteiger partial charge in [0.2, 0.25) is 0 Å². The Bertz CT molecular complexity index is 486. The smallest absolute Gasteiger partial charge is 0.295 e. The number of allylic oxidation sites excluding steroid dienone is 1. The summed E-state index contributed by atoms with van der Waals surface area (Å²) in [6, 6.07) is 1.30. The minimum atomic E-state index is -0.605. The molecule has 0 spiro atoms. The predicted octanol–water partition coefficient (Wildman–Crippen LogP) is 1.74. The maximum Gasteiger partial charge on any atom is 0.295 e. The molecule has 0 bridgehead atoms. The molecule has 1 aromatic heterocycles. The van der Waals surface area contributed by atoms with E-state index in [1.165, 1.54) is 12.3 Å². The molecule has 7 heteroatoms. The van der Waals surface area contributed by atoms with E-state index in [0.717, 1.165) is 6.20 Å². The van der Waals surface area contributed by atoms with E-state index in [9.17, 15) is 14.9 Å². The van der Waals surface area contributed by atoms with Gasteiger partial charge in [0.15, 0.2) is 6.29 Å². The summed E-state index contributed by atoms with van der Waals surface area (Å²) in [5.41, 5.74) is 0.0688. The normalized spacial score (nSPS) is 11.1. The van der Waals surface area contributed by atoms with E-state index in [1.54, 1.807) is 19.0 Å². The minimum absolute atomic E-state index is 0.0945. The number of carbonyl (C=O) groups is 1. The first-order valence-electron chi connectivity index (χ1n) is 4.59. The number of pyridine rings is 1. The minimum Gasteiger partial charge on any atom is -0.383 e. The summed E-state index contributed by atoms with van der Waals surface area (Å²) >= 11 is 5.67. The van der Waals surface area contributed by atoms with Crippen molar-refractivity contribution in [3.63, 3.8) is 0 Å². The van der Waals surface area contributed by atoms with Gasteiger partial charge in [-0.2, -0.15) is 0 Å². The van der Waals surface area contributed by atoms with Crippen LogP contribution in [0.25, 0.3) is 5.57 Å². The number of hydrogen-bond donors (Lipinski definition) is 0. The van der Waals surface area contributed by atoms with E-state index in [2.05, 4.69) is 4.98 Å². The zero-order chi connectivity index (χ0) is 13.0. The Morgan fingerprint density at radius 3 is 2.71 bits per heavy atom. The number of rotatable bonds is 4. The van der Waals surface area contributed by atoms with Crippen LogP contribution in [0.3, 0.4) is 0 Å². The average Bonchev–Trinajstić information content (AvgIpc) is 2.25. The van der Waals surface area contributed by atoms with Gasteiger partial charge in [0.25, 0.3) is 5.69 Å². The largest absolute Gasteiger partial charge is 0.383 e. The molecule has 0 unspecified atom stereocenters. The third kappa shape index (κ3) is 3.25. The standard InChI is InChI=1S/C10H10ClN3O3/c1-13(2)5-7(6-15)8-3-10(11)12-4-9(8)14(16)17/h3-6H,1-2H3/b7-5+. The molecule has 0 N–H and O–H groups in total. The van der Waals surface area contributed by atoms with Crippen molar-refractivity contribution >= 4 is 29.1 Å². The lowest BCUT2D eigenvalue weighted by atomic mass is 10.1. The number of aromatic nitrogens is 1. The maximum atomic E-state index is 10.9. The fourth-order valence-corrected chi connectivity index (χ4v) is 1.40. The van der Waals surface area contributed by atoms with Crippen LogP contribution in [0.5, 0.6) is 0 Å². The van der Waals surface area contributed by atoms with Crippen molar-refractivity contribution in [1.29, 1.82) is 0 Å². The van der Waals surface area contributed by atoms with Crippen LogP contribution in [0.4, 0.5) is 5.69 Å². The SMILES string of the molecule is CN(C)/C=C(\C=O)c1cc(Cl)ncc1[N+](=O)[O-]. The summed E-state index contributed by atoms with van der Waals surface area (Å²) in [4.78, 5) is 26.4. The van der Waals surface area contributed by atoms with Gasteiger partial charge in [0.05, 0.1) is 10.5 Å². The Morgan fingerprint density at radius 1 is 1.59 bits per heavy atom. The predicted molar refractivity (Wildman–Crippen MR) is 63.6 cm³/mol. The van der Waals surface area contributed by atoms with Gasteiger partial charge in [-0.15, -0.1) is 0 Å². The van der Waals surface area contributed by atoms with Crippen molar-refractivity contribution < 1.29 is 9.72 Å². The van der Waals surface area contributed by atoms with Crippen LogP contribution in [0.15, 0.2) is 18.5 Å². The molecule has 0 amide bonds. The molecule has 1 rings (SSSR count). The van der Waals surface area contributed by atoms with Crippen LogP contribution in [0.2, 0.25) is 5.15 Å². The van der Waals surface area contributed by atoms with Crippen molar-refractivity contribution in [2.45, 2.75) is 0 Å². The maximum absolute atomic E-state index is 10.9. The van der Waals surface area contributed by atoms with Crippen LogP contribution < -0.4 is 0 Å². The molecule has 0 saturated heterocycles. The third-order valence-corrected chi connectivity index (χ3v) is 2.09. The number of nitro groups is 1. The molecule has 0 atom stereocenters. The average molecular weight is 256 g/mol. The van der Waals surface area contributed by atoms with Gasteiger partial charge in [-0.1, -0.05) is 11.6 Å². The van der Waals surface area contributed by atoms with Crippen LogP contribution >= 0.6 is 11.6 Å². The first-order chi connectivity index (χ1) is 7.95. The lowest BCUT2D eigenvalue weighted by Gasteiger charge is -2.08. The summed E-state index contributed by atoms with van der Waals surface area (Å²) in [7, 11) is 3.41. The third-order valence-electron chi connectivity index (χ3n) is 1.88. The second kappa shape index (κ2) is 5.40. The molecule has 0 fully saturated rings. The van der Waals surface area contributed by atoms with E-state index in [0.29, 0.717) is 6.29 Å². The zero-order valence-corrected chi connectivity index (χ0v) is 10.0. The highest BCUT2D eigenvalue weighted by atomic mass is 35.5. The molecule has 0 aliphatic heterocycles. The van der Waals surface area contributed by atoms with Gasteiger partial charge in [-0.3, -0.25) is 14.9 Å². The first kappa shape index (κ1) is 13.1. The molecule has 0 aliphatic rings. The highest BCUT2D eigenvalue weighted by Crippen LogP contribution is 2.26. The Labute approximate surface area is 103 Å². The molecular formula is C10H10ClN3O3. The molecule has 0 aromatic carbocycles. The zero-order valence-electron chi connectivity index (χ0n) is 9.25. The van der Waals surface area contributed by atoms with E-state index < -0.39 is 4.92 Å². The first-order valence-corrected chi connectivity index (χ1v) is 4.97. The fraction of sp³-hybridized carbons (Fsp3) is 0.200. The van der Waals surface area contributed by atoms with Gasteiger partial charge in [0.1, 0.15) is 11.3 Å². The number of carbonyl (C=O) groups excluding carboxylic acids is 1. The van der Waals surface area contributed by atoms with E-state index in [1.807, 2.05) is 0 Å².